The van der Waals surface area contributed by atoms with Crippen molar-refractivity contribution in [2.45, 2.75) is 39.3 Å². The van der Waals surface area contributed by atoms with E-state index in [1.165, 1.54) is 11.1 Å². The highest BCUT2D eigenvalue weighted by Crippen LogP contribution is 2.30. The number of likely N-dealkylation sites (tertiary alicyclic amines) is 1. The zero-order valence-electron chi connectivity index (χ0n) is 15.8. The molecule has 1 aliphatic rings. The molecule has 0 aromatic heterocycles. The maximum absolute atomic E-state index is 12.4. The predicted molar refractivity (Wildman–Crippen MR) is 109 cm³/mol. The molecular formula is C22H24ClN3O. The zero-order valence-corrected chi connectivity index (χ0v) is 16.5. The molecule has 4 nitrogen and oxygen atoms in total. The molecule has 1 saturated heterocycles. The van der Waals surface area contributed by atoms with Gasteiger partial charge in [-0.25, -0.2) is 0 Å². The van der Waals surface area contributed by atoms with E-state index >= 15 is 0 Å². The Labute approximate surface area is 166 Å². The van der Waals surface area contributed by atoms with Gasteiger partial charge in [0.1, 0.15) is 6.07 Å². The molecule has 0 saturated carbocycles. The second kappa shape index (κ2) is 8.45. The molecule has 0 N–H and O–H groups in total. The van der Waals surface area contributed by atoms with Crippen molar-refractivity contribution < 1.29 is 4.79 Å². The number of benzene rings is 2. The van der Waals surface area contributed by atoms with Crippen LogP contribution in [-0.4, -0.2) is 29.9 Å². The highest BCUT2D eigenvalue weighted by molar-refractivity contribution is 6.32. The van der Waals surface area contributed by atoms with Gasteiger partial charge < -0.3 is 9.80 Å². The molecule has 0 radical (unpaired) electrons. The van der Waals surface area contributed by atoms with Gasteiger partial charge in [0.25, 0.3) is 0 Å². The standard InChI is InChI=1S/C22H24ClN3O/c1-3-10-25-15-20(12-22(25)27)26(14-18-7-5-4-6-16(18)2)19-9-8-17(13-24)21(23)11-19/h4-9,11,20H,3,10,12,14-15H2,1-2H3/t20-/m0/s1. The summed E-state index contributed by atoms with van der Waals surface area (Å²) in [6.45, 7) is 6.40. The molecular weight excluding hydrogens is 358 g/mol. The number of carbonyl (C=O) groups is 1. The van der Waals surface area contributed by atoms with Gasteiger partial charge >= 0.3 is 0 Å². The topological polar surface area (TPSA) is 47.3 Å². The summed E-state index contributed by atoms with van der Waals surface area (Å²) in [6, 6.07) is 16.0. The van der Waals surface area contributed by atoms with Gasteiger partial charge in [0.15, 0.2) is 0 Å². The van der Waals surface area contributed by atoms with Crippen LogP contribution in [0.3, 0.4) is 0 Å². The number of halogens is 1. The van der Waals surface area contributed by atoms with E-state index in [0.29, 0.717) is 23.6 Å². The Bertz CT molecular complexity index is 874. The fourth-order valence-corrected chi connectivity index (χ4v) is 3.84. The summed E-state index contributed by atoms with van der Waals surface area (Å²) in [6.07, 6.45) is 1.46. The van der Waals surface area contributed by atoms with E-state index in [4.69, 9.17) is 16.9 Å². The summed E-state index contributed by atoms with van der Waals surface area (Å²) in [4.78, 5) is 16.6. The largest absolute Gasteiger partial charge is 0.362 e. The zero-order chi connectivity index (χ0) is 19.4. The van der Waals surface area contributed by atoms with Crippen molar-refractivity contribution in [1.82, 2.24) is 4.90 Å². The first-order valence-corrected chi connectivity index (χ1v) is 9.69. The van der Waals surface area contributed by atoms with Crippen molar-refractivity contribution in [3.05, 3.63) is 64.2 Å². The number of anilines is 1. The van der Waals surface area contributed by atoms with Crippen LogP contribution in [0.25, 0.3) is 0 Å². The van der Waals surface area contributed by atoms with Crippen molar-refractivity contribution in [2.75, 3.05) is 18.0 Å². The van der Waals surface area contributed by atoms with Crippen LogP contribution in [0.2, 0.25) is 5.02 Å². The van der Waals surface area contributed by atoms with Crippen molar-refractivity contribution in [3.63, 3.8) is 0 Å². The lowest BCUT2D eigenvalue weighted by Gasteiger charge is -2.32. The molecule has 0 bridgehead atoms. The Hall–Kier alpha value is -2.51. The average molecular weight is 382 g/mol. The molecule has 0 spiro atoms. The lowest BCUT2D eigenvalue weighted by Crippen LogP contribution is -2.37. The first-order valence-electron chi connectivity index (χ1n) is 9.32. The molecule has 2 aromatic carbocycles. The van der Waals surface area contributed by atoms with Gasteiger partial charge in [-0.15, -0.1) is 0 Å². The fraction of sp³-hybridized carbons (Fsp3) is 0.364. The molecule has 27 heavy (non-hydrogen) atoms. The highest BCUT2D eigenvalue weighted by Gasteiger charge is 2.33. The van der Waals surface area contributed by atoms with E-state index in [2.05, 4.69) is 36.9 Å². The van der Waals surface area contributed by atoms with E-state index in [1.54, 1.807) is 6.07 Å². The van der Waals surface area contributed by atoms with Crippen LogP contribution in [0.1, 0.15) is 36.5 Å². The SMILES string of the molecule is CCCN1C[C@@H](N(Cc2ccccc2C)c2ccc(C#N)c(Cl)c2)CC1=O. The molecule has 3 rings (SSSR count). The summed E-state index contributed by atoms with van der Waals surface area (Å²) in [5, 5.41) is 9.60. The number of hydrogen-bond donors (Lipinski definition) is 0. The monoisotopic (exact) mass is 381 g/mol. The number of rotatable bonds is 6. The molecule has 1 heterocycles. The van der Waals surface area contributed by atoms with Crippen LogP contribution in [0, 0.1) is 18.3 Å². The normalized spacial score (nSPS) is 16.4. The van der Waals surface area contributed by atoms with Crippen LogP contribution in [0.5, 0.6) is 0 Å². The van der Waals surface area contributed by atoms with E-state index in [1.807, 2.05) is 29.2 Å². The molecule has 0 aliphatic carbocycles. The van der Waals surface area contributed by atoms with Crippen LogP contribution >= 0.6 is 11.6 Å². The van der Waals surface area contributed by atoms with E-state index in [9.17, 15) is 4.79 Å². The molecule has 1 fully saturated rings. The summed E-state index contributed by atoms with van der Waals surface area (Å²) in [5.41, 5.74) is 3.85. The smallest absolute Gasteiger partial charge is 0.224 e. The Kier molecular flexibility index (Phi) is 6.03. The summed E-state index contributed by atoms with van der Waals surface area (Å²) in [7, 11) is 0. The van der Waals surface area contributed by atoms with Crippen LogP contribution in [0.15, 0.2) is 42.5 Å². The molecule has 2 aromatic rings. The quantitative estimate of drug-likeness (QED) is 0.738. The number of nitriles is 1. The average Bonchev–Trinajstić information content (AvgIpc) is 3.01. The lowest BCUT2D eigenvalue weighted by atomic mass is 10.1. The minimum absolute atomic E-state index is 0.0904. The number of amides is 1. The Balaban J connectivity index is 1.94. The maximum atomic E-state index is 12.4. The van der Waals surface area contributed by atoms with Gasteiger partial charge in [-0.2, -0.15) is 5.26 Å². The summed E-state index contributed by atoms with van der Waals surface area (Å²) in [5.74, 6) is 0.205. The first kappa shape index (κ1) is 19.3. The van der Waals surface area contributed by atoms with Crippen LogP contribution in [-0.2, 0) is 11.3 Å². The minimum Gasteiger partial charge on any atom is -0.362 e. The number of nitrogens with zero attached hydrogens (tertiary/aromatic N) is 3. The number of aryl methyl sites for hydroxylation is 1. The molecule has 1 amide bonds. The molecule has 140 valence electrons. The summed E-state index contributed by atoms with van der Waals surface area (Å²) < 4.78 is 0. The van der Waals surface area contributed by atoms with Gasteiger partial charge in [-0.05, 0) is 42.7 Å². The van der Waals surface area contributed by atoms with Crippen molar-refractivity contribution >= 4 is 23.2 Å². The number of hydrogen-bond acceptors (Lipinski definition) is 3. The first-order chi connectivity index (χ1) is 13.0. The van der Waals surface area contributed by atoms with Crippen molar-refractivity contribution in [3.8, 4) is 6.07 Å². The minimum atomic E-state index is 0.0904. The third-order valence-electron chi connectivity index (χ3n) is 5.14. The van der Waals surface area contributed by atoms with Crippen LogP contribution < -0.4 is 4.90 Å². The Morgan fingerprint density at radius 2 is 2.07 bits per heavy atom. The molecule has 1 atom stereocenters. The summed E-state index contributed by atoms with van der Waals surface area (Å²) >= 11 is 6.30. The van der Waals surface area contributed by atoms with E-state index in [0.717, 1.165) is 25.2 Å². The van der Waals surface area contributed by atoms with E-state index in [-0.39, 0.29) is 11.9 Å². The molecule has 1 aliphatic heterocycles. The fourth-order valence-electron chi connectivity index (χ4n) is 3.62. The second-order valence-corrected chi connectivity index (χ2v) is 7.44. The third kappa shape index (κ3) is 4.26. The van der Waals surface area contributed by atoms with Crippen molar-refractivity contribution in [1.29, 1.82) is 5.26 Å². The highest BCUT2D eigenvalue weighted by atomic mass is 35.5. The van der Waals surface area contributed by atoms with Crippen LogP contribution in [0.4, 0.5) is 5.69 Å². The molecule has 0 unspecified atom stereocenters. The number of carbonyl (C=O) groups excluding carboxylic acids is 1. The Morgan fingerprint density at radius 1 is 1.30 bits per heavy atom. The van der Waals surface area contributed by atoms with E-state index < -0.39 is 0 Å². The predicted octanol–water partition coefficient (Wildman–Crippen LogP) is 4.54. The van der Waals surface area contributed by atoms with Gasteiger partial charge in [-0.1, -0.05) is 42.8 Å². The lowest BCUT2D eigenvalue weighted by molar-refractivity contribution is -0.127. The van der Waals surface area contributed by atoms with Gasteiger partial charge in [0, 0.05) is 31.7 Å². The molecule has 5 heteroatoms. The maximum Gasteiger partial charge on any atom is 0.224 e. The second-order valence-electron chi connectivity index (χ2n) is 7.03. The van der Waals surface area contributed by atoms with Gasteiger partial charge in [0.05, 0.1) is 16.6 Å². The van der Waals surface area contributed by atoms with Gasteiger partial charge in [0.2, 0.25) is 5.91 Å². The van der Waals surface area contributed by atoms with Gasteiger partial charge in [-0.3, -0.25) is 4.79 Å². The Morgan fingerprint density at radius 3 is 2.74 bits per heavy atom. The van der Waals surface area contributed by atoms with Crippen molar-refractivity contribution in [2.24, 2.45) is 0 Å². The third-order valence-corrected chi connectivity index (χ3v) is 5.45.